The minimum Gasteiger partial charge on any atom is -0.370 e. The van der Waals surface area contributed by atoms with Gasteiger partial charge in [-0.2, -0.15) is 13.2 Å². The van der Waals surface area contributed by atoms with E-state index in [2.05, 4.69) is 20.6 Å². The third-order valence-electron chi connectivity index (χ3n) is 2.84. The van der Waals surface area contributed by atoms with Gasteiger partial charge in [-0.25, -0.2) is 9.97 Å². The lowest BCUT2D eigenvalue weighted by atomic mass is 10.1. The fourth-order valence-electron chi connectivity index (χ4n) is 1.86. The van der Waals surface area contributed by atoms with Gasteiger partial charge in [0.15, 0.2) is 0 Å². The summed E-state index contributed by atoms with van der Waals surface area (Å²) in [4.78, 5) is 7.99. The molecule has 21 heavy (non-hydrogen) atoms. The maximum absolute atomic E-state index is 12.9. The molecule has 1 aromatic heterocycles. The minimum absolute atomic E-state index is 0.184. The molecule has 0 atom stereocenters. The largest absolute Gasteiger partial charge is 0.416 e. The van der Waals surface area contributed by atoms with Crippen molar-refractivity contribution in [3.05, 3.63) is 41.7 Å². The van der Waals surface area contributed by atoms with Gasteiger partial charge in [0.25, 0.3) is 0 Å². The molecule has 0 radical (unpaired) electrons. The molecule has 1 heterocycles. The van der Waals surface area contributed by atoms with Gasteiger partial charge < -0.3 is 10.6 Å². The number of aryl methyl sites for hydroxylation is 1. The molecule has 2 aromatic rings. The molecule has 0 saturated carbocycles. The topological polar surface area (TPSA) is 49.8 Å². The zero-order valence-electron chi connectivity index (χ0n) is 11.6. The molecule has 2 rings (SSSR count). The van der Waals surface area contributed by atoms with Crippen LogP contribution in [-0.2, 0) is 6.18 Å². The van der Waals surface area contributed by atoms with Crippen LogP contribution in [0.1, 0.15) is 18.1 Å². The Morgan fingerprint density at radius 2 is 1.81 bits per heavy atom. The van der Waals surface area contributed by atoms with Crippen LogP contribution in [0.4, 0.5) is 30.5 Å². The summed E-state index contributed by atoms with van der Waals surface area (Å²) in [6.45, 7) is 4.05. The second-order valence-corrected chi connectivity index (χ2v) is 4.47. The van der Waals surface area contributed by atoms with Crippen LogP contribution < -0.4 is 10.6 Å². The van der Waals surface area contributed by atoms with E-state index in [1.54, 1.807) is 12.1 Å². The van der Waals surface area contributed by atoms with Crippen molar-refractivity contribution in [2.24, 2.45) is 0 Å². The summed E-state index contributed by atoms with van der Waals surface area (Å²) < 4.78 is 38.6. The fourth-order valence-corrected chi connectivity index (χ4v) is 1.86. The number of anilines is 3. The molecule has 0 aliphatic heterocycles. The number of benzene rings is 1. The summed E-state index contributed by atoms with van der Waals surface area (Å²) in [6.07, 6.45) is -3.03. The maximum Gasteiger partial charge on any atom is 0.416 e. The molecule has 112 valence electrons. The molecule has 1 aromatic carbocycles. The summed E-state index contributed by atoms with van der Waals surface area (Å²) in [5.74, 6) is 1.04. The van der Waals surface area contributed by atoms with Gasteiger partial charge in [0.2, 0.25) is 0 Å². The lowest BCUT2D eigenvalue weighted by Crippen LogP contribution is -2.08. The van der Waals surface area contributed by atoms with Gasteiger partial charge in [-0.15, -0.1) is 0 Å². The Kier molecular flexibility index (Phi) is 4.30. The number of hydrogen-bond donors (Lipinski definition) is 2. The molecule has 0 unspecified atom stereocenters. The Hall–Kier alpha value is -2.31. The number of hydrogen-bond acceptors (Lipinski definition) is 4. The van der Waals surface area contributed by atoms with Gasteiger partial charge >= 0.3 is 6.18 Å². The zero-order chi connectivity index (χ0) is 15.5. The Morgan fingerprint density at radius 1 is 1.10 bits per heavy atom. The normalized spacial score (nSPS) is 11.3. The van der Waals surface area contributed by atoms with Crippen molar-refractivity contribution in [3.63, 3.8) is 0 Å². The second-order valence-electron chi connectivity index (χ2n) is 4.47. The van der Waals surface area contributed by atoms with Gasteiger partial charge in [-0.3, -0.25) is 0 Å². The van der Waals surface area contributed by atoms with Crippen LogP contribution in [0.15, 0.2) is 30.6 Å². The first-order valence-electron chi connectivity index (χ1n) is 6.41. The number of nitrogens with one attached hydrogen (secondary N) is 2. The van der Waals surface area contributed by atoms with E-state index in [1.807, 2.05) is 6.92 Å². The van der Waals surface area contributed by atoms with Crippen molar-refractivity contribution in [1.82, 2.24) is 9.97 Å². The van der Waals surface area contributed by atoms with Crippen LogP contribution in [-0.4, -0.2) is 16.5 Å². The second kappa shape index (κ2) is 5.99. The molecule has 0 fully saturated rings. The maximum atomic E-state index is 12.9. The zero-order valence-corrected chi connectivity index (χ0v) is 11.6. The highest BCUT2D eigenvalue weighted by Gasteiger charge is 2.32. The summed E-state index contributed by atoms with van der Waals surface area (Å²) in [6, 6.07) is 5.72. The minimum atomic E-state index is -4.37. The predicted molar refractivity (Wildman–Crippen MR) is 75.7 cm³/mol. The lowest BCUT2D eigenvalue weighted by Gasteiger charge is -2.13. The number of nitrogens with zero attached hydrogens (tertiary/aromatic N) is 2. The molecule has 4 nitrogen and oxygen atoms in total. The highest BCUT2D eigenvalue weighted by molar-refractivity contribution is 5.60. The molecule has 0 aliphatic rings. The molecule has 0 bridgehead atoms. The van der Waals surface area contributed by atoms with E-state index in [9.17, 15) is 13.2 Å². The van der Waals surface area contributed by atoms with E-state index in [0.717, 1.165) is 6.07 Å². The summed E-state index contributed by atoms with van der Waals surface area (Å²) >= 11 is 0. The molecule has 7 heteroatoms. The van der Waals surface area contributed by atoms with Gasteiger partial charge in [0.1, 0.15) is 18.0 Å². The van der Waals surface area contributed by atoms with Crippen molar-refractivity contribution in [3.8, 4) is 0 Å². The molecule has 2 N–H and O–H groups in total. The summed E-state index contributed by atoms with van der Waals surface area (Å²) in [5, 5.41) is 5.86. The van der Waals surface area contributed by atoms with Crippen molar-refractivity contribution in [2.45, 2.75) is 20.0 Å². The SMILES string of the molecule is CCNc1cc(Nc2ccc(C)c(C(F)(F)F)c2)ncn1. The Morgan fingerprint density at radius 3 is 2.48 bits per heavy atom. The molecular weight excluding hydrogens is 281 g/mol. The molecule has 0 saturated heterocycles. The number of aromatic nitrogens is 2. The van der Waals surface area contributed by atoms with E-state index in [4.69, 9.17) is 0 Å². The Balaban J connectivity index is 2.26. The van der Waals surface area contributed by atoms with E-state index in [1.165, 1.54) is 19.3 Å². The predicted octanol–water partition coefficient (Wildman–Crippen LogP) is 3.98. The van der Waals surface area contributed by atoms with E-state index >= 15 is 0 Å². The third kappa shape index (κ3) is 3.84. The van der Waals surface area contributed by atoms with E-state index < -0.39 is 11.7 Å². The van der Waals surface area contributed by atoms with Crippen LogP contribution >= 0.6 is 0 Å². The van der Waals surface area contributed by atoms with Crippen LogP contribution in [0.25, 0.3) is 0 Å². The fraction of sp³-hybridized carbons (Fsp3) is 0.286. The highest BCUT2D eigenvalue weighted by Crippen LogP contribution is 2.34. The molecule has 0 spiro atoms. The molecular formula is C14H15F3N4. The number of alkyl halides is 3. The average molecular weight is 296 g/mol. The van der Waals surface area contributed by atoms with Crippen LogP contribution in [0.3, 0.4) is 0 Å². The standard InChI is InChI=1S/C14H15F3N4/c1-3-18-12-7-13(20-8-19-12)21-10-5-4-9(2)11(6-10)14(15,16)17/h4-8H,3H2,1-2H3,(H2,18,19,20,21). The van der Waals surface area contributed by atoms with Crippen LogP contribution in [0.2, 0.25) is 0 Å². The van der Waals surface area contributed by atoms with Gasteiger partial charge in [-0.05, 0) is 31.5 Å². The average Bonchev–Trinajstić information content (AvgIpc) is 2.40. The first-order chi connectivity index (χ1) is 9.90. The molecule has 0 amide bonds. The third-order valence-corrected chi connectivity index (χ3v) is 2.84. The van der Waals surface area contributed by atoms with Crippen molar-refractivity contribution >= 4 is 17.3 Å². The number of halogens is 3. The van der Waals surface area contributed by atoms with Crippen LogP contribution in [0.5, 0.6) is 0 Å². The monoisotopic (exact) mass is 296 g/mol. The van der Waals surface area contributed by atoms with Gasteiger partial charge in [0.05, 0.1) is 5.56 Å². The quantitative estimate of drug-likeness (QED) is 0.896. The van der Waals surface area contributed by atoms with Crippen LogP contribution in [0, 0.1) is 6.92 Å². The Labute approximate surface area is 120 Å². The van der Waals surface area contributed by atoms with Gasteiger partial charge in [-0.1, -0.05) is 6.07 Å². The van der Waals surface area contributed by atoms with E-state index in [0.29, 0.717) is 23.9 Å². The van der Waals surface area contributed by atoms with Crippen molar-refractivity contribution in [2.75, 3.05) is 17.2 Å². The first kappa shape index (κ1) is 15.1. The summed E-state index contributed by atoms with van der Waals surface area (Å²) in [5.41, 5.74) is -0.147. The Bertz CT molecular complexity index is 626. The molecule has 0 aliphatic carbocycles. The highest BCUT2D eigenvalue weighted by atomic mass is 19.4. The van der Waals surface area contributed by atoms with Crippen molar-refractivity contribution in [1.29, 1.82) is 0 Å². The van der Waals surface area contributed by atoms with Gasteiger partial charge in [0, 0.05) is 18.3 Å². The van der Waals surface area contributed by atoms with Crippen molar-refractivity contribution < 1.29 is 13.2 Å². The number of rotatable bonds is 4. The van der Waals surface area contributed by atoms with E-state index in [-0.39, 0.29) is 5.56 Å². The summed E-state index contributed by atoms with van der Waals surface area (Å²) in [7, 11) is 0. The smallest absolute Gasteiger partial charge is 0.370 e. The first-order valence-corrected chi connectivity index (χ1v) is 6.41. The lowest BCUT2D eigenvalue weighted by molar-refractivity contribution is -0.138.